The highest BCUT2D eigenvalue weighted by atomic mass is 32.2. The van der Waals surface area contributed by atoms with E-state index < -0.39 is 0 Å². The second-order valence-electron chi connectivity index (χ2n) is 7.44. The van der Waals surface area contributed by atoms with Crippen molar-refractivity contribution in [2.75, 3.05) is 43.0 Å². The first kappa shape index (κ1) is 22.8. The second kappa shape index (κ2) is 10.9. The van der Waals surface area contributed by atoms with Gasteiger partial charge in [0.25, 0.3) is 5.91 Å². The minimum Gasteiger partial charge on any atom is -0.340 e. The zero-order chi connectivity index (χ0) is 22.2. The van der Waals surface area contributed by atoms with E-state index >= 15 is 0 Å². The number of thioether (sulfide) groups is 1. The van der Waals surface area contributed by atoms with Crippen LogP contribution in [0, 0.1) is 12.7 Å². The highest BCUT2D eigenvalue weighted by molar-refractivity contribution is 8.00. The summed E-state index contributed by atoms with van der Waals surface area (Å²) in [5.74, 6) is -0.323. The number of nitrogens with zero attached hydrogens (tertiary/aromatic N) is 2. The fourth-order valence-electron chi connectivity index (χ4n) is 3.38. The molecule has 0 unspecified atom stereocenters. The molecule has 0 atom stereocenters. The molecule has 0 aliphatic carbocycles. The number of halogens is 1. The second-order valence-corrected chi connectivity index (χ2v) is 8.43. The number of carbonyl (C=O) groups excluding carboxylic acids is 3. The van der Waals surface area contributed by atoms with Crippen LogP contribution in [0.25, 0.3) is 0 Å². The maximum atomic E-state index is 12.9. The molecular weight excluding hydrogens is 417 g/mol. The highest BCUT2D eigenvalue weighted by Crippen LogP contribution is 2.13. The van der Waals surface area contributed by atoms with E-state index in [1.807, 2.05) is 31.2 Å². The number of rotatable bonds is 6. The summed E-state index contributed by atoms with van der Waals surface area (Å²) in [7, 11) is 0. The van der Waals surface area contributed by atoms with E-state index in [-0.39, 0.29) is 35.0 Å². The Kier molecular flexibility index (Phi) is 8.06. The molecule has 0 radical (unpaired) electrons. The quantitative estimate of drug-likeness (QED) is 0.745. The lowest BCUT2D eigenvalue weighted by molar-refractivity contribution is -0.128. The van der Waals surface area contributed by atoms with Crippen molar-refractivity contribution in [1.82, 2.24) is 9.80 Å². The number of benzene rings is 2. The van der Waals surface area contributed by atoms with Crippen LogP contribution < -0.4 is 5.32 Å². The number of carbonyl (C=O) groups is 3. The van der Waals surface area contributed by atoms with E-state index in [1.165, 1.54) is 36.0 Å². The first-order chi connectivity index (χ1) is 14.9. The van der Waals surface area contributed by atoms with Crippen LogP contribution in [0.5, 0.6) is 0 Å². The summed E-state index contributed by atoms with van der Waals surface area (Å²) in [6.07, 6.45) is 0.721. The van der Waals surface area contributed by atoms with Crippen molar-refractivity contribution in [2.45, 2.75) is 13.3 Å². The number of anilines is 1. The molecule has 1 aliphatic rings. The fourth-order valence-corrected chi connectivity index (χ4v) is 4.10. The fraction of sp³-hybridized carbons (Fsp3) is 0.348. The first-order valence-corrected chi connectivity index (χ1v) is 11.3. The van der Waals surface area contributed by atoms with Crippen molar-refractivity contribution in [2.24, 2.45) is 0 Å². The van der Waals surface area contributed by atoms with E-state index in [1.54, 1.807) is 9.80 Å². The SMILES string of the molecule is Cc1cccc(C(=O)N2CCCN(C(=O)CSCC(=O)Nc3ccc(F)cc3)CC2)c1. The smallest absolute Gasteiger partial charge is 0.253 e. The van der Waals surface area contributed by atoms with Gasteiger partial charge in [-0.1, -0.05) is 17.7 Å². The Labute approximate surface area is 185 Å². The molecule has 1 N–H and O–H groups in total. The van der Waals surface area contributed by atoms with Crippen LogP contribution in [0.1, 0.15) is 22.3 Å². The molecule has 1 saturated heterocycles. The Hall–Kier alpha value is -2.87. The molecule has 3 rings (SSSR count). The minimum absolute atomic E-state index is 0.00941. The van der Waals surface area contributed by atoms with Crippen molar-refractivity contribution in [3.8, 4) is 0 Å². The van der Waals surface area contributed by atoms with Crippen LogP contribution in [0.2, 0.25) is 0 Å². The molecule has 1 heterocycles. The van der Waals surface area contributed by atoms with Crippen molar-refractivity contribution in [1.29, 1.82) is 0 Å². The summed E-state index contributed by atoms with van der Waals surface area (Å²) in [5, 5.41) is 2.67. The zero-order valence-electron chi connectivity index (χ0n) is 17.5. The van der Waals surface area contributed by atoms with E-state index in [0.29, 0.717) is 37.4 Å². The van der Waals surface area contributed by atoms with Crippen LogP contribution in [-0.4, -0.2) is 65.2 Å². The van der Waals surface area contributed by atoms with Crippen molar-refractivity contribution >= 4 is 35.2 Å². The van der Waals surface area contributed by atoms with E-state index in [0.717, 1.165) is 12.0 Å². The Balaban J connectivity index is 1.42. The molecule has 0 aromatic heterocycles. The molecule has 1 fully saturated rings. The van der Waals surface area contributed by atoms with Gasteiger partial charge in [0.1, 0.15) is 5.82 Å². The van der Waals surface area contributed by atoms with Gasteiger partial charge in [0.2, 0.25) is 11.8 Å². The van der Waals surface area contributed by atoms with E-state index in [2.05, 4.69) is 5.32 Å². The minimum atomic E-state index is -0.366. The third-order valence-electron chi connectivity index (χ3n) is 4.99. The number of hydrogen-bond acceptors (Lipinski definition) is 4. The number of hydrogen-bond donors (Lipinski definition) is 1. The van der Waals surface area contributed by atoms with Gasteiger partial charge in [-0.05, 0) is 49.7 Å². The van der Waals surface area contributed by atoms with Gasteiger partial charge in [-0.15, -0.1) is 11.8 Å². The largest absolute Gasteiger partial charge is 0.340 e. The zero-order valence-corrected chi connectivity index (χ0v) is 18.3. The standard InChI is InChI=1S/C23H26FN3O3S/c1-17-4-2-5-18(14-17)23(30)27-11-3-10-26(12-13-27)22(29)16-31-15-21(28)25-20-8-6-19(24)7-9-20/h2,4-9,14H,3,10-13,15-16H2,1H3,(H,25,28). The summed E-state index contributed by atoms with van der Waals surface area (Å²) in [4.78, 5) is 40.8. The summed E-state index contributed by atoms with van der Waals surface area (Å²) >= 11 is 1.24. The van der Waals surface area contributed by atoms with Crippen LogP contribution >= 0.6 is 11.8 Å². The number of aryl methyl sites for hydroxylation is 1. The van der Waals surface area contributed by atoms with Crippen molar-refractivity contribution in [3.63, 3.8) is 0 Å². The van der Waals surface area contributed by atoms with Crippen LogP contribution in [0.4, 0.5) is 10.1 Å². The third-order valence-corrected chi connectivity index (χ3v) is 5.90. The normalized spacial score (nSPS) is 14.1. The van der Waals surface area contributed by atoms with Gasteiger partial charge in [-0.3, -0.25) is 14.4 Å². The molecule has 31 heavy (non-hydrogen) atoms. The van der Waals surface area contributed by atoms with Gasteiger partial charge in [-0.2, -0.15) is 0 Å². The molecule has 6 nitrogen and oxygen atoms in total. The van der Waals surface area contributed by atoms with Gasteiger partial charge < -0.3 is 15.1 Å². The van der Waals surface area contributed by atoms with Gasteiger partial charge >= 0.3 is 0 Å². The maximum absolute atomic E-state index is 12.9. The topological polar surface area (TPSA) is 69.7 Å². The Bertz CT molecular complexity index is 936. The Morgan fingerprint density at radius 3 is 2.42 bits per heavy atom. The van der Waals surface area contributed by atoms with E-state index in [9.17, 15) is 18.8 Å². The molecule has 2 aromatic carbocycles. The summed E-state index contributed by atoms with van der Waals surface area (Å²) < 4.78 is 12.9. The molecule has 1 aliphatic heterocycles. The first-order valence-electron chi connectivity index (χ1n) is 10.2. The van der Waals surface area contributed by atoms with Gasteiger partial charge in [0.15, 0.2) is 0 Å². The lowest BCUT2D eigenvalue weighted by Crippen LogP contribution is -2.38. The molecule has 2 aromatic rings. The van der Waals surface area contributed by atoms with Crippen molar-refractivity contribution < 1.29 is 18.8 Å². The van der Waals surface area contributed by atoms with Gasteiger partial charge in [0.05, 0.1) is 11.5 Å². The molecule has 0 saturated carbocycles. The van der Waals surface area contributed by atoms with Gasteiger partial charge in [0, 0.05) is 37.4 Å². The predicted octanol–water partition coefficient (Wildman–Crippen LogP) is 3.18. The highest BCUT2D eigenvalue weighted by Gasteiger charge is 2.23. The summed E-state index contributed by atoms with van der Waals surface area (Å²) in [6, 6.07) is 13.1. The number of amides is 3. The number of nitrogens with one attached hydrogen (secondary N) is 1. The Morgan fingerprint density at radius 2 is 1.68 bits per heavy atom. The molecule has 3 amide bonds. The van der Waals surface area contributed by atoms with Crippen LogP contribution in [-0.2, 0) is 9.59 Å². The summed E-state index contributed by atoms with van der Waals surface area (Å²) in [5.41, 5.74) is 2.23. The van der Waals surface area contributed by atoms with Crippen LogP contribution in [0.3, 0.4) is 0 Å². The third kappa shape index (κ3) is 6.82. The molecule has 164 valence electrons. The molecular formula is C23H26FN3O3S. The molecule has 0 bridgehead atoms. The van der Waals surface area contributed by atoms with Crippen LogP contribution in [0.15, 0.2) is 48.5 Å². The predicted molar refractivity (Wildman–Crippen MR) is 121 cm³/mol. The lowest BCUT2D eigenvalue weighted by Gasteiger charge is -2.22. The maximum Gasteiger partial charge on any atom is 0.253 e. The summed E-state index contributed by atoms with van der Waals surface area (Å²) in [6.45, 7) is 4.15. The Morgan fingerprint density at radius 1 is 0.968 bits per heavy atom. The lowest BCUT2D eigenvalue weighted by atomic mass is 10.1. The molecule has 0 spiro atoms. The average Bonchev–Trinajstić information content (AvgIpc) is 3.01. The molecule has 8 heteroatoms. The van der Waals surface area contributed by atoms with Crippen molar-refractivity contribution in [3.05, 3.63) is 65.5 Å². The van der Waals surface area contributed by atoms with Gasteiger partial charge in [-0.25, -0.2) is 4.39 Å². The monoisotopic (exact) mass is 443 g/mol. The average molecular weight is 444 g/mol. The van der Waals surface area contributed by atoms with E-state index in [4.69, 9.17) is 0 Å².